The molecule has 0 spiro atoms. The summed E-state index contributed by atoms with van der Waals surface area (Å²) in [4.78, 5) is 29.7. The molecule has 0 atom stereocenters. The minimum atomic E-state index is -1.14. The molecule has 0 saturated carbocycles. The van der Waals surface area contributed by atoms with Crippen molar-refractivity contribution in [2.45, 2.75) is 64.6 Å². The minimum Gasteiger partial charge on any atom is -0.476 e. The summed E-state index contributed by atoms with van der Waals surface area (Å²) in [5.41, 5.74) is 2.40. The maximum absolute atomic E-state index is 12.8. The first-order valence-corrected chi connectivity index (χ1v) is 12.4. The van der Waals surface area contributed by atoms with E-state index < -0.39 is 17.2 Å². The van der Waals surface area contributed by atoms with Crippen LogP contribution in [0.15, 0.2) is 47.4 Å². The monoisotopic (exact) mass is 479 g/mol. The van der Waals surface area contributed by atoms with Gasteiger partial charge in [0.15, 0.2) is 5.60 Å². The fourth-order valence-electron chi connectivity index (χ4n) is 3.57. The highest BCUT2D eigenvalue weighted by Crippen LogP contribution is 2.30. The zero-order valence-corrected chi connectivity index (χ0v) is 22.0. The van der Waals surface area contributed by atoms with Gasteiger partial charge in [0.05, 0.1) is 5.69 Å². The molecule has 0 aliphatic rings. The number of hydrogen-bond acceptors (Lipinski definition) is 5. The van der Waals surface area contributed by atoms with Gasteiger partial charge in [-0.1, -0.05) is 12.1 Å². The first kappa shape index (κ1) is 25.6. The average Bonchev–Trinajstić information content (AvgIpc) is 3.16. The van der Waals surface area contributed by atoms with Crippen molar-refractivity contribution in [3.8, 4) is 5.75 Å². The van der Waals surface area contributed by atoms with Crippen LogP contribution in [0.5, 0.6) is 5.75 Å². The number of rotatable bonds is 7. The highest BCUT2D eigenvalue weighted by atomic mass is 32.2. The molecule has 3 aromatic rings. The van der Waals surface area contributed by atoms with E-state index in [0.29, 0.717) is 11.4 Å². The Hall–Kier alpha value is -2.99. The van der Waals surface area contributed by atoms with Crippen LogP contribution in [-0.2, 0) is 9.53 Å². The lowest BCUT2D eigenvalue weighted by Gasteiger charge is -2.30. The third-order valence-electron chi connectivity index (χ3n) is 5.25. The molecular weight excluding hydrogens is 446 g/mol. The molecule has 0 aliphatic carbocycles. The average molecular weight is 480 g/mol. The number of ether oxygens (including phenoxy) is 2. The second kappa shape index (κ2) is 9.71. The first-order chi connectivity index (χ1) is 15.8. The van der Waals surface area contributed by atoms with E-state index in [1.54, 1.807) is 37.8 Å². The van der Waals surface area contributed by atoms with Crippen molar-refractivity contribution in [2.24, 2.45) is 0 Å². The fourth-order valence-corrected chi connectivity index (χ4v) is 4.01. The maximum Gasteiger partial charge on any atom is 0.350 e. The molecule has 34 heavy (non-hydrogen) atoms. The van der Waals surface area contributed by atoms with Crippen LogP contribution in [0.25, 0.3) is 17.0 Å². The molecule has 0 bridgehead atoms. The summed E-state index contributed by atoms with van der Waals surface area (Å²) in [5, 5.41) is 1.01. The number of H-pyrrole nitrogens is 1. The number of benzene rings is 2. The summed E-state index contributed by atoms with van der Waals surface area (Å²) in [6.07, 6.45) is 5.39. The Morgan fingerprint density at radius 3 is 2.21 bits per heavy atom. The normalized spacial score (nSPS) is 12.4. The van der Waals surface area contributed by atoms with Crippen molar-refractivity contribution >= 4 is 40.5 Å². The second-order valence-electron chi connectivity index (χ2n) is 9.93. The van der Waals surface area contributed by atoms with Crippen LogP contribution >= 0.6 is 11.8 Å². The quantitative estimate of drug-likeness (QED) is 0.173. The number of aromatic amines is 1. The smallest absolute Gasteiger partial charge is 0.350 e. The Balaban J connectivity index is 1.78. The number of esters is 1. The number of ketones is 1. The van der Waals surface area contributed by atoms with E-state index >= 15 is 0 Å². The summed E-state index contributed by atoms with van der Waals surface area (Å²) < 4.78 is 11.6. The van der Waals surface area contributed by atoms with E-state index in [9.17, 15) is 9.59 Å². The topological polar surface area (TPSA) is 68.4 Å². The predicted octanol–water partition coefficient (Wildman–Crippen LogP) is 6.90. The van der Waals surface area contributed by atoms with Gasteiger partial charge in [0.2, 0.25) is 5.78 Å². The number of hydrogen-bond donors (Lipinski definition) is 1. The second-order valence-corrected chi connectivity index (χ2v) is 10.8. The molecule has 0 fully saturated rings. The largest absolute Gasteiger partial charge is 0.476 e. The number of nitrogens with one attached hydrogen (secondary N) is 1. The van der Waals surface area contributed by atoms with Gasteiger partial charge in [0.1, 0.15) is 11.4 Å². The van der Waals surface area contributed by atoms with E-state index in [4.69, 9.17) is 9.47 Å². The molecule has 0 amide bonds. The van der Waals surface area contributed by atoms with E-state index in [1.807, 2.05) is 77.3 Å². The Labute approximate surface area is 205 Å². The molecular formula is C28H33NO4S. The highest BCUT2D eigenvalue weighted by Gasteiger charge is 2.35. The first-order valence-electron chi connectivity index (χ1n) is 11.2. The van der Waals surface area contributed by atoms with E-state index in [1.165, 1.54) is 0 Å². The van der Waals surface area contributed by atoms with Crippen LogP contribution in [0.3, 0.4) is 0 Å². The number of aromatic nitrogens is 1. The maximum atomic E-state index is 12.8. The van der Waals surface area contributed by atoms with E-state index in [0.717, 1.165) is 32.5 Å². The summed E-state index contributed by atoms with van der Waals surface area (Å²) in [6.45, 7) is 12.7. The third kappa shape index (κ3) is 6.11. The Bertz CT molecular complexity index is 1240. The molecule has 3 rings (SSSR count). The standard InChI is InChI=1S/C28H33NO4S/c1-17-13-19(14-18(2)25(17)32-28(6,7)26(31)33-27(3,4)5)9-12-24(30)23-15-20-10-11-21(34-8)16-22(20)29-23/h9-16,29H,1-8H3/b12-9+. The number of fused-ring (bicyclic) bond motifs is 1. The zero-order chi connectivity index (χ0) is 25.3. The van der Waals surface area contributed by atoms with Crippen LogP contribution in [0.2, 0.25) is 0 Å². The highest BCUT2D eigenvalue weighted by molar-refractivity contribution is 7.98. The van der Waals surface area contributed by atoms with Gasteiger partial charge in [-0.15, -0.1) is 11.8 Å². The van der Waals surface area contributed by atoms with Crippen LogP contribution in [0, 0.1) is 13.8 Å². The van der Waals surface area contributed by atoms with Crippen molar-refractivity contribution in [1.29, 1.82) is 0 Å². The molecule has 0 saturated heterocycles. The molecule has 1 heterocycles. The lowest BCUT2D eigenvalue weighted by molar-refractivity contribution is -0.171. The van der Waals surface area contributed by atoms with Crippen LogP contribution in [0.1, 0.15) is 61.8 Å². The van der Waals surface area contributed by atoms with Gasteiger partial charge in [-0.3, -0.25) is 4.79 Å². The van der Waals surface area contributed by atoms with Gasteiger partial charge in [-0.25, -0.2) is 4.79 Å². The van der Waals surface area contributed by atoms with Crippen molar-refractivity contribution in [2.75, 3.05) is 6.26 Å². The van der Waals surface area contributed by atoms with Gasteiger partial charge in [-0.2, -0.15) is 0 Å². The lowest BCUT2D eigenvalue weighted by atomic mass is 10.0. The van der Waals surface area contributed by atoms with Gasteiger partial charge in [-0.05, 0) is 108 Å². The van der Waals surface area contributed by atoms with Crippen LogP contribution in [-0.4, -0.2) is 34.2 Å². The van der Waals surface area contributed by atoms with Crippen molar-refractivity contribution < 1.29 is 19.1 Å². The summed E-state index contributed by atoms with van der Waals surface area (Å²) in [6, 6.07) is 11.9. The summed E-state index contributed by atoms with van der Waals surface area (Å²) >= 11 is 1.66. The van der Waals surface area contributed by atoms with Crippen molar-refractivity contribution in [3.63, 3.8) is 0 Å². The van der Waals surface area contributed by atoms with Crippen LogP contribution < -0.4 is 4.74 Å². The molecule has 2 aromatic carbocycles. The van der Waals surface area contributed by atoms with E-state index in [2.05, 4.69) is 4.98 Å². The lowest BCUT2D eigenvalue weighted by Crippen LogP contribution is -2.43. The number of aryl methyl sites for hydroxylation is 2. The van der Waals surface area contributed by atoms with E-state index in [-0.39, 0.29) is 5.78 Å². The zero-order valence-electron chi connectivity index (χ0n) is 21.2. The molecule has 180 valence electrons. The Kier molecular flexibility index (Phi) is 7.32. The molecule has 0 radical (unpaired) electrons. The molecule has 1 aromatic heterocycles. The summed E-state index contributed by atoms with van der Waals surface area (Å²) in [5.74, 6) is 0.125. The van der Waals surface area contributed by atoms with Gasteiger partial charge < -0.3 is 14.5 Å². The summed E-state index contributed by atoms with van der Waals surface area (Å²) in [7, 11) is 0. The van der Waals surface area contributed by atoms with Crippen LogP contribution in [0.4, 0.5) is 0 Å². The Morgan fingerprint density at radius 1 is 0.971 bits per heavy atom. The van der Waals surface area contributed by atoms with Crippen molar-refractivity contribution in [3.05, 3.63) is 64.9 Å². The third-order valence-corrected chi connectivity index (χ3v) is 5.98. The van der Waals surface area contributed by atoms with Crippen molar-refractivity contribution in [1.82, 2.24) is 4.98 Å². The van der Waals surface area contributed by atoms with Gasteiger partial charge >= 0.3 is 5.97 Å². The minimum absolute atomic E-state index is 0.0939. The number of thioether (sulfide) groups is 1. The van der Waals surface area contributed by atoms with Gasteiger partial charge in [0, 0.05) is 15.8 Å². The molecule has 0 aliphatic heterocycles. The SMILES string of the molecule is CSc1ccc2cc(C(=O)/C=C/c3cc(C)c(OC(C)(C)C(=O)OC(C)(C)C)c(C)c3)[nH]c2c1. The number of allylic oxidation sites excluding steroid dienone is 1. The molecule has 6 heteroatoms. The fraction of sp³-hybridized carbons (Fsp3) is 0.357. The predicted molar refractivity (Wildman–Crippen MR) is 140 cm³/mol. The number of carbonyl (C=O) groups excluding carboxylic acids is 2. The molecule has 0 unspecified atom stereocenters. The molecule has 1 N–H and O–H groups in total. The molecule has 5 nitrogen and oxygen atoms in total. The Morgan fingerprint density at radius 2 is 1.62 bits per heavy atom. The number of carbonyl (C=O) groups is 2. The van der Waals surface area contributed by atoms with Gasteiger partial charge in [0.25, 0.3) is 0 Å².